The van der Waals surface area contributed by atoms with E-state index in [2.05, 4.69) is 5.10 Å². The van der Waals surface area contributed by atoms with Crippen LogP contribution in [0.25, 0.3) is 16.9 Å². The smallest absolute Gasteiger partial charge is 0.303 e. The van der Waals surface area contributed by atoms with E-state index in [1.807, 2.05) is 12.1 Å². The predicted molar refractivity (Wildman–Crippen MR) is 101 cm³/mol. The fraction of sp³-hybridized carbons (Fsp3) is 0.111. The van der Waals surface area contributed by atoms with Gasteiger partial charge in [-0.1, -0.05) is 23.7 Å². The van der Waals surface area contributed by atoms with Gasteiger partial charge >= 0.3 is 5.97 Å². The van der Waals surface area contributed by atoms with Crippen LogP contribution >= 0.6 is 11.6 Å². The van der Waals surface area contributed by atoms with Crippen LogP contribution in [0.2, 0.25) is 5.02 Å². The summed E-state index contributed by atoms with van der Waals surface area (Å²) in [6.07, 6.45) is 0.236. The van der Waals surface area contributed by atoms with Crippen molar-refractivity contribution in [3.05, 3.63) is 65.3 Å². The van der Waals surface area contributed by atoms with Gasteiger partial charge < -0.3 is 5.11 Å². The molecule has 0 saturated carbocycles. The molecule has 3 aromatic rings. The first-order valence-electron chi connectivity index (χ1n) is 7.94. The number of benzene rings is 2. The highest BCUT2D eigenvalue weighted by atomic mass is 35.5. The van der Waals surface area contributed by atoms with E-state index < -0.39 is 16.0 Å². The Hall–Kier alpha value is -2.68. The van der Waals surface area contributed by atoms with E-state index in [4.69, 9.17) is 21.8 Å². The van der Waals surface area contributed by atoms with E-state index in [0.717, 1.165) is 11.3 Å². The molecular formula is C18H16ClN3O4S. The van der Waals surface area contributed by atoms with Crippen LogP contribution in [0.5, 0.6) is 0 Å². The number of carboxylic acid groups (broad SMARTS) is 1. The van der Waals surface area contributed by atoms with Crippen molar-refractivity contribution in [3.63, 3.8) is 0 Å². The maximum atomic E-state index is 11.4. The summed E-state index contributed by atoms with van der Waals surface area (Å²) in [5, 5.41) is 19.1. The van der Waals surface area contributed by atoms with Crippen LogP contribution in [0, 0.1) is 0 Å². The van der Waals surface area contributed by atoms with Gasteiger partial charge in [0.15, 0.2) is 0 Å². The topological polar surface area (TPSA) is 115 Å². The molecule has 0 aliphatic heterocycles. The number of aromatic nitrogens is 2. The van der Waals surface area contributed by atoms with Crippen molar-refractivity contribution >= 4 is 27.6 Å². The normalized spacial score (nSPS) is 11.5. The van der Waals surface area contributed by atoms with E-state index in [1.54, 1.807) is 35.0 Å². The van der Waals surface area contributed by atoms with Gasteiger partial charge in [0.2, 0.25) is 10.0 Å². The quantitative estimate of drug-likeness (QED) is 0.654. The average molecular weight is 406 g/mol. The molecule has 2 aromatic carbocycles. The molecule has 0 amide bonds. The van der Waals surface area contributed by atoms with E-state index >= 15 is 0 Å². The highest BCUT2D eigenvalue weighted by molar-refractivity contribution is 7.89. The lowest BCUT2D eigenvalue weighted by molar-refractivity contribution is -0.136. The third-order valence-corrected chi connectivity index (χ3v) is 5.09. The van der Waals surface area contributed by atoms with Crippen molar-refractivity contribution in [1.29, 1.82) is 0 Å². The first-order chi connectivity index (χ1) is 12.7. The molecule has 0 spiro atoms. The second-order valence-corrected chi connectivity index (χ2v) is 7.87. The summed E-state index contributed by atoms with van der Waals surface area (Å²) in [4.78, 5) is 10.9. The van der Waals surface area contributed by atoms with Crippen molar-refractivity contribution in [2.45, 2.75) is 17.7 Å². The van der Waals surface area contributed by atoms with E-state index in [9.17, 15) is 13.2 Å². The molecule has 3 N–H and O–H groups in total. The number of sulfonamides is 1. The zero-order valence-electron chi connectivity index (χ0n) is 14.0. The Kier molecular flexibility index (Phi) is 5.31. The van der Waals surface area contributed by atoms with Crippen molar-refractivity contribution in [2.75, 3.05) is 0 Å². The highest BCUT2D eigenvalue weighted by Crippen LogP contribution is 2.26. The summed E-state index contributed by atoms with van der Waals surface area (Å²) in [6, 6.07) is 14.9. The van der Waals surface area contributed by atoms with Crippen LogP contribution in [-0.2, 0) is 21.2 Å². The molecule has 0 atom stereocenters. The number of primary sulfonamides is 1. The number of hydrogen-bond acceptors (Lipinski definition) is 4. The number of aryl methyl sites for hydroxylation is 1. The minimum absolute atomic E-state index is 0.00227. The largest absolute Gasteiger partial charge is 0.481 e. The number of aliphatic carboxylic acids is 1. The van der Waals surface area contributed by atoms with Crippen LogP contribution in [-0.4, -0.2) is 29.3 Å². The highest BCUT2D eigenvalue weighted by Gasteiger charge is 2.14. The van der Waals surface area contributed by atoms with Crippen LogP contribution in [0.15, 0.2) is 59.5 Å². The van der Waals surface area contributed by atoms with Crippen LogP contribution < -0.4 is 5.14 Å². The summed E-state index contributed by atoms with van der Waals surface area (Å²) < 4.78 is 24.5. The minimum Gasteiger partial charge on any atom is -0.481 e. The van der Waals surface area contributed by atoms with Crippen molar-refractivity contribution in [1.82, 2.24) is 9.78 Å². The Bertz CT molecular complexity index is 1070. The standard InChI is InChI=1S/C18H16ClN3O4S/c19-13-3-1-12(2-4-13)17-11-14(5-10-18(23)24)21-22(17)15-6-8-16(9-7-15)27(20,25)26/h1-4,6-9,11H,5,10H2,(H,23,24)(H2,20,25,26). The van der Waals surface area contributed by atoms with Gasteiger partial charge in [-0.05, 0) is 42.5 Å². The molecular weight excluding hydrogens is 390 g/mol. The van der Waals surface area contributed by atoms with Gasteiger partial charge in [0.05, 0.1) is 28.4 Å². The SMILES string of the molecule is NS(=O)(=O)c1ccc(-n2nc(CCC(=O)O)cc2-c2ccc(Cl)cc2)cc1. The zero-order chi connectivity index (χ0) is 19.6. The van der Waals surface area contributed by atoms with Crippen LogP contribution in [0.3, 0.4) is 0 Å². The Balaban J connectivity index is 2.06. The third kappa shape index (κ3) is 4.54. The number of hydrogen-bond donors (Lipinski definition) is 2. The van der Waals surface area contributed by atoms with E-state index in [0.29, 0.717) is 16.4 Å². The average Bonchev–Trinajstić information content (AvgIpc) is 3.04. The summed E-state index contributed by atoms with van der Waals surface area (Å²) in [7, 11) is -3.79. The summed E-state index contributed by atoms with van der Waals surface area (Å²) in [5.41, 5.74) is 2.80. The van der Waals surface area contributed by atoms with Crippen molar-refractivity contribution in [2.24, 2.45) is 5.14 Å². The van der Waals surface area contributed by atoms with E-state index in [1.165, 1.54) is 12.1 Å². The van der Waals surface area contributed by atoms with Crippen LogP contribution in [0.1, 0.15) is 12.1 Å². The summed E-state index contributed by atoms with van der Waals surface area (Å²) >= 11 is 5.95. The molecule has 27 heavy (non-hydrogen) atoms. The molecule has 3 rings (SSSR count). The van der Waals surface area contributed by atoms with Crippen molar-refractivity contribution in [3.8, 4) is 16.9 Å². The lowest BCUT2D eigenvalue weighted by Gasteiger charge is -2.08. The Morgan fingerprint density at radius 2 is 1.74 bits per heavy atom. The minimum atomic E-state index is -3.79. The Morgan fingerprint density at radius 1 is 1.11 bits per heavy atom. The van der Waals surface area contributed by atoms with Gasteiger partial charge in [0.25, 0.3) is 0 Å². The van der Waals surface area contributed by atoms with Gasteiger partial charge in [0.1, 0.15) is 0 Å². The molecule has 0 aliphatic carbocycles. The number of nitrogens with zero attached hydrogens (tertiary/aromatic N) is 2. The van der Waals surface area contributed by atoms with E-state index in [-0.39, 0.29) is 17.7 Å². The first-order valence-corrected chi connectivity index (χ1v) is 9.86. The molecule has 0 saturated heterocycles. The lowest BCUT2D eigenvalue weighted by atomic mass is 10.1. The monoisotopic (exact) mass is 405 g/mol. The zero-order valence-corrected chi connectivity index (χ0v) is 15.6. The molecule has 0 aliphatic rings. The van der Waals surface area contributed by atoms with Gasteiger partial charge in [-0.3, -0.25) is 4.79 Å². The lowest BCUT2D eigenvalue weighted by Crippen LogP contribution is -2.12. The maximum absolute atomic E-state index is 11.4. The fourth-order valence-electron chi connectivity index (χ4n) is 2.59. The molecule has 0 unspecified atom stereocenters. The van der Waals surface area contributed by atoms with Gasteiger partial charge in [0, 0.05) is 17.0 Å². The molecule has 0 fully saturated rings. The number of nitrogens with two attached hydrogens (primary N) is 1. The Morgan fingerprint density at radius 3 is 2.30 bits per heavy atom. The molecule has 1 aromatic heterocycles. The molecule has 1 heterocycles. The number of carbonyl (C=O) groups is 1. The number of rotatable bonds is 6. The molecule has 0 radical (unpaired) electrons. The maximum Gasteiger partial charge on any atom is 0.303 e. The second kappa shape index (κ2) is 7.51. The van der Waals surface area contributed by atoms with Gasteiger partial charge in [-0.25, -0.2) is 18.2 Å². The van der Waals surface area contributed by atoms with Gasteiger partial charge in [-0.15, -0.1) is 0 Å². The number of carboxylic acids is 1. The molecule has 9 heteroatoms. The molecule has 140 valence electrons. The fourth-order valence-corrected chi connectivity index (χ4v) is 3.23. The summed E-state index contributed by atoms with van der Waals surface area (Å²) in [5.74, 6) is -0.907. The van der Waals surface area contributed by atoms with Crippen LogP contribution in [0.4, 0.5) is 0 Å². The Labute approximate surface area is 161 Å². The van der Waals surface area contributed by atoms with Gasteiger partial charge in [-0.2, -0.15) is 5.10 Å². The molecule has 7 nitrogen and oxygen atoms in total. The summed E-state index contributed by atoms with van der Waals surface area (Å²) in [6.45, 7) is 0. The first kappa shape index (κ1) is 19.1. The third-order valence-electron chi connectivity index (χ3n) is 3.90. The number of halogens is 1. The molecule has 0 bridgehead atoms. The van der Waals surface area contributed by atoms with Crippen molar-refractivity contribution < 1.29 is 18.3 Å². The predicted octanol–water partition coefficient (Wildman–Crippen LogP) is 2.86. The second-order valence-electron chi connectivity index (χ2n) is 5.87.